The van der Waals surface area contributed by atoms with Gasteiger partial charge in [0, 0.05) is 19.7 Å². The molecule has 0 spiro atoms. The second kappa shape index (κ2) is 7.84. The van der Waals surface area contributed by atoms with Gasteiger partial charge in [-0.3, -0.25) is 14.5 Å². The third-order valence-electron chi connectivity index (χ3n) is 5.03. The Morgan fingerprint density at radius 1 is 1.21 bits per heavy atom. The maximum absolute atomic E-state index is 12.1. The molecule has 6 nitrogen and oxygen atoms in total. The first-order valence-electron chi connectivity index (χ1n) is 9.35. The third-order valence-corrected chi connectivity index (χ3v) is 5.03. The predicted molar refractivity (Wildman–Crippen MR) is 112 cm³/mol. The second-order valence-electron chi connectivity index (χ2n) is 7.56. The summed E-state index contributed by atoms with van der Waals surface area (Å²) in [6, 6.07) is 16.1. The van der Waals surface area contributed by atoms with E-state index in [4.69, 9.17) is 5.73 Å². The Balaban J connectivity index is 1.76. The quantitative estimate of drug-likeness (QED) is 0.838. The first-order chi connectivity index (χ1) is 13.3. The molecule has 3 N–H and O–H groups in total. The molecule has 146 valence electrons. The van der Waals surface area contributed by atoms with Crippen molar-refractivity contribution >= 4 is 23.5 Å². The number of aryl methyl sites for hydroxylation is 1. The predicted octanol–water partition coefficient (Wildman–Crippen LogP) is 3.18. The van der Waals surface area contributed by atoms with Crippen molar-refractivity contribution < 1.29 is 9.59 Å². The summed E-state index contributed by atoms with van der Waals surface area (Å²) in [7, 11) is 1.65. The molecular formula is C22H26N4O2. The zero-order chi connectivity index (χ0) is 20.3. The van der Waals surface area contributed by atoms with E-state index in [1.807, 2.05) is 43.3 Å². The van der Waals surface area contributed by atoms with E-state index < -0.39 is 5.54 Å². The molecular weight excluding hydrogens is 352 g/mol. The molecule has 0 saturated heterocycles. The van der Waals surface area contributed by atoms with Gasteiger partial charge in [-0.15, -0.1) is 0 Å². The summed E-state index contributed by atoms with van der Waals surface area (Å²) in [6.45, 7) is 3.47. The third kappa shape index (κ3) is 4.57. The van der Waals surface area contributed by atoms with E-state index >= 15 is 0 Å². The van der Waals surface area contributed by atoms with Crippen molar-refractivity contribution in [1.29, 1.82) is 0 Å². The van der Waals surface area contributed by atoms with Crippen LogP contribution in [0.3, 0.4) is 0 Å². The van der Waals surface area contributed by atoms with Gasteiger partial charge in [0.15, 0.2) is 5.96 Å². The fourth-order valence-corrected chi connectivity index (χ4v) is 3.41. The number of nitrogens with one attached hydrogen (secondary N) is 1. The Labute approximate surface area is 165 Å². The molecule has 2 aromatic carbocycles. The van der Waals surface area contributed by atoms with Crippen molar-refractivity contribution in [2.45, 2.75) is 38.6 Å². The Morgan fingerprint density at radius 2 is 1.89 bits per heavy atom. The molecule has 2 aromatic rings. The highest BCUT2D eigenvalue weighted by Gasteiger charge is 2.34. The van der Waals surface area contributed by atoms with Crippen LogP contribution in [0.1, 0.15) is 32.3 Å². The van der Waals surface area contributed by atoms with Crippen molar-refractivity contribution in [2.75, 3.05) is 12.4 Å². The number of carbonyl (C=O) groups is 2. The number of hydrogen-bond donors (Lipinski definition) is 2. The number of guanidine groups is 1. The van der Waals surface area contributed by atoms with Crippen LogP contribution in [0, 0.1) is 0 Å². The lowest BCUT2D eigenvalue weighted by Gasteiger charge is -2.33. The topological polar surface area (TPSA) is 87.8 Å². The number of carbonyl (C=O) groups excluding carboxylic acids is 2. The average Bonchev–Trinajstić information content (AvgIpc) is 2.64. The first kappa shape index (κ1) is 19.6. The largest absolute Gasteiger partial charge is 0.369 e. The number of nitrogens with two attached hydrogens (primary N) is 1. The maximum Gasteiger partial charge on any atom is 0.231 e. The standard InChI is InChI=1S/C22H26N4O2/c1-15(27)24-19-9-5-8-18(13-19)17-7-4-6-16(12-17)10-11-22(2)14-20(28)26(3)21(23)25-22/h4-9,12-13H,10-11,14H2,1-3H3,(H2,23,25)(H,24,27). The van der Waals surface area contributed by atoms with E-state index in [2.05, 4.69) is 22.4 Å². The van der Waals surface area contributed by atoms with Crippen LogP contribution in [0.5, 0.6) is 0 Å². The van der Waals surface area contributed by atoms with Crippen molar-refractivity contribution in [3.8, 4) is 11.1 Å². The highest BCUT2D eigenvalue weighted by molar-refractivity contribution is 5.98. The lowest BCUT2D eigenvalue weighted by Crippen LogP contribution is -2.48. The molecule has 1 atom stereocenters. The van der Waals surface area contributed by atoms with Crippen LogP contribution >= 0.6 is 0 Å². The van der Waals surface area contributed by atoms with E-state index in [0.29, 0.717) is 6.42 Å². The number of aliphatic imine (C=N–C) groups is 1. The van der Waals surface area contributed by atoms with E-state index in [-0.39, 0.29) is 17.8 Å². The Kier molecular flexibility index (Phi) is 5.49. The van der Waals surface area contributed by atoms with Crippen molar-refractivity contribution in [3.05, 3.63) is 54.1 Å². The van der Waals surface area contributed by atoms with Crippen molar-refractivity contribution in [2.24, 2.45) is 10.7 Å². The summed E-state index contributed by atoms with van der Waals surface area (Å²) < 4.78 is 0. The van der Waals surface area contributed by atoms with Crippen LogP contribution in [0.2, 0.25) is 0 Å². The summed E-state index contributed by atoms with van der Waals surface area (Å²) in [4.78, 5) is 29.4. The van der Waals surface area contributed by atoms with Gasteiger partial charge in [-0.2, -0.15) is 0 Å². The van der Waals surface area contributed by atoms with Crippen LogP contribution in [0.25, 0.3) is 11.1 Å². The molecule has 0 radical (unpaired) electrons. The summed E-state index contributed by atoms with van der Waals surface area (Å²) >= 11 is 0. The van der Waals surface area contributed by atoms with Gasteiger partial charge in [0.2, 0.25) is 11.8 Å². The summed E-state index contributed by atoms with van der Waals surface area (Å²) in [5.74, 6) is 0.187. The number of rotatable bonds is 5. The van der Waals surface area contributed by atoms with Crippen LogP contribution in [-0.2, 0) is 16.0 Å². The zero-order valence-corrected chi connectivity index (χ0v) is 16.5. The monoisotopic (exact) mass is 378 g/mol. The van der Waals surface area contributed by atoms with Crippen LogP contribution in [0.4, 0.5) is 5.69 Å². The molecule has 28 heavy (non-hydrogen) atoms. The highest BCUT2D eigenvalue weighted by atomic mass is 16.2. The average molecular weight is 378 g/mol. The molecule has 1 aliphatic rings. The van der Waals surface area contributed by atoms with Crippen LogP contribution in [0.15, 0.2) is 53.5 Å². The lowest BCUT2D eigenvalue weighted by molar-refractivity contribution is -0.128. The molecule has 2 amide bonds. The van der Waals surface area contributed by atoms with Crippen LogP contribution < -0.4 is 11.1 Å². The van der Waals surface area contributed by atoms with Gasteiger partial charge >= 0.3 is 0 Å². The van der Waals surface area contributed by atoms with E-state index in [0.717, 1.165) is 29.7 Å². The lowest BCUT2D eigenvalue weighted by atomic mass is 9.88. The number of anilines is 1. The number of amides is 2. The smallest absolute Gasteiger partial charge is 0.231 e. The van der Waals surface area contributed by atoms with E-state index in [9.17, 15) is 9.59 Å². The fraction of sp³-hybridized carbons (Fsp3) is 0.318. The number of benzene rings is 2. The fourth-order valence-electron chi connectivity index (χ4n) is 3.41. The van der Waals surface area contributed by atoms with Gasteiger partial charge in [-0.25, -0.2) is 4.99 Å². The molecule has 6 heteroatoms. The maximum atomic E-state index is 12.1. The number of nitrogens with zero attached hydrogens (tertiary/aromatic N) is 2. The minimum absolute atomic E-state index is 0.00135. The normalized spacial score (nSPS) is 19.3. The molecule has 3 rings (SSSR count). The van der Waals surface area contributed by atoms with E-state index in [1.165, 1.54) is 17.4 Å². The second-order valence-corrected chi connectivity index (χ2v) is 7.56. The Morgan fingerprint density at radius 3 is 2.57 bits per heavy atom. The van der Waals surface area contributed by atoms with Crippen LogP contribution in [-0.4, -0.2) is 35.3 Å². The first-order valence-corrected chi connectivity index (χ1v) is 9.35. The minimum atomic E-state index is -0.477. The van der Waals surface area contributed by atoms with E-state index in [1.54, 1.807) is 7.05 Å². The Bertz CT molecular complexity index is 938. The molecule has 1 heterocycles. The summed E-state index contributed by atoms with van der Waals surface area (Å²) in [5, 5.41) is 2.81. The Hall–Kier alpha value is -3.15. The highest BCUT2D eigenvalue weighted by Crippen LogP contribution is 2.29. The van der Waals surface area contributed by atoms with Crippen molar-refractivity contribution in [3.63, 3.8) is 0 Å². The molecule has 0 bridgehead atoms. The van der Waals surface area contributed by atoms with Gasteiger partial charge in [0.05, 0.1) is 12.0 Å². The van der Waals surface area contributed by atoms with Crippen molar-refractivity contribution in [1.82, 2.24) is 4.90 Å². The molecule has 0 aliphatic carbocycles. The number of hydrogen-bond acceptors (Lipinski definition) is 4. The molecule has 0 fully saturated rings. The van der Waals surface area contributed by atoms with Gasteiger partial charge < -0.3 is 11.1 Å². The SMILES string of the molecule is CC(=O)Nc1cccc(-c2cccc(CCC3(C)CC(=O)N(C)C(N)=N3)c2)c1. The van der Waals surface area contributed by atoms with Gasteiger partial charge in [0.25, 0.3) is 0 Å². The zero-order valence-electron chi connectivity index (χ0n) is 16.5. The molecule has 1 unspecified atom stereocenters. The molecule has 1 aliphatic heterocycles. The van der Waals surface area contributed by atoms with Gasteiger partial charge in [0.1, 0.15) is 0 Å². The van der Waals surface area contributed by atoms with Gasteiger partial charge in [-0.05, 0) is 48.6 Å². The summed E-state index contributed by atoms with van der Waals surface area (Å²) in [6.07, 6.45) is 1.90. The summed E-state index contributed by atoms with van der Waals surface area (Å²) in [5.41, 5.74) is 9.47. The molecule has 0 aromatic heterocycles. The van der Waals surface area contributed by atoms with Gasteiger partial charge in [-0.1, -0.05) is 36.4 Å². The minimum Gasteiger partial charge on any atom is -0.369 e. The molecule has 0 saturated carbocycles.